The van der Waals surface area contributed by atoms with Crippen molar-refractivity contribution in [2.24, 2.45) is 0 Å². The topological polar surface area (TPSA) is 24.5 Å². The van der Waals surface area contributed by atoms with Gasteiger partial charge in [0.1, 0.15) is 5.75 Å². The first-order chi connectivity index (χ1) is 9.60. The van der Waals surface area contributed by atoms with Crippen LogP contribution in [0.2, 0.25) is 5.02 Å². The molecule has 0 amide bonds. The van der Waals surface area contributed by atoms with Gasteiger partial charge in [0, 0.05) is 35.8 Å². The molecule has 1 atom stereocenters. The van der Waals surface area contributed by atoms with Crippen molar-refractivity contribution in [1.29, 1.82) is 0 Å². The molecule has 1 aliphatic rings. The number of methoxy groups -OCH3 is 1. The van der Waals surface area contributed by atoms with Gasteiger partial charge in [0.25, 0.3) is 0 Å². The molecule has 1 unspecified atom stereocenters. The van der Waals surface area contributed by atoms with Crippen molar-refractivity contribution < 1.29 is 4.74 Å². The van der Waals surface area contributed by atoms with E-state index < -0.39 is 0 Å². The van der Waals surface area contributed by atoms with Crippen LogP contribution in [0.15, 0.2) is 18.2 Å². The molecule has 0 radical (unpaired) electrons. The van der Waals surface area contributed by atoms with Crippen LogP contribution in [0.1, 0.15) is 32.3 Å². The predicted molar refractivity (Wildman–Crippen MR) is 84.6 cm³/mol. The summed E-state index contributed by atoms with van der Waals surface area (Å²) in [4.78, 5) is 2.53. The molecule has 20 heavy (non-hydrogen) atoms. The van der Waals surface area contributed by atoms with Crippen molar-refractivity contribution >= 4 is 11.6 Å². The average molecular weight is 297 g/mol. The molecule has 0 spiro atoms. The minimum absolute atomic E-state index is 0.540. The Bertz CT molecular complexity index is 436. The van der Waals surface area contributed by atoms with Crippen LogP contribution < -0.4 is 10.1 Å². The van der Waals surface area contributed by atoms with E-state index in [1.807, 2.05) is 18.2 Å². The van der Waals surface area contributed by atoms with E-state index in [9.17, 15) is 0 Å². The molecular formula is C16H25ClN2O. The highest BCUT2D eigenvalue weighted by atomic mass is 35.5. The SMILES string of the molecule is COc1ccc(Cl)cc1CN1CCCC1CNC(C)C. The number of hydrogen-bond acceptors (Lipinski definition) is 3. The maximum absolute atomic E-state index is 6.11. The number of rotatable bonds is 6. The Balaban J connectivity index is 2.02. The summed E-state index contributed by atoms with van der Waals surface area (Å²) in [5.74, 6) is 0.928. The Hall–Kier alpha value is -0.770. The van der Waals surface area contributed by atoms with Gasteiger partial charge in [0.15, 0.2) is 0 Å². The molecule has 3 nitrogen and oxygen atoms in total. The van der Waals surface area contributed by atoms with Gasteiger partial charge in [-0.25, -0.2) is 0 Å². The van der Waals surface area contributed by atoms with Crippen LogP contribution in [0.3, 0.4) is 0 Å². The van der Waals surface area contributed by atoms with E-state index in [1.165, 1.54) is 18.4 Å². The molecule has 2 rings (SSSR count). The Morgan fingerprint density at radius 1 is 1.45 bits per heavy atom. The highest BCUT2D eigenvalue weighted by Gasteiger charge is 2.25. The van der Waals surface area contributed by atoms with E-state index >= 15 is 0 Å². The number of nitrogens with one attached hydrogen (secondary N) is 1. The molecule has 1 heterocycles. The van der Waals surface area contributed by atoms with Gasteiger partial charge in [-0.15, -0.1) is 0 Å². The molecule has 0 aliphatic carbocycles. The second kappa shape index (κ2) is 7.30. The summed E-state index contributed by atoms with van der Waals surface area (Å²) in [5, 5.41) is 4.32. The summed E-state index contributed by atoms with van der Waals surface area (Å²) in [5.41, 5.74) is 1.18. The fourth-order valence-electron chi connectivity index (χ4n) is 2.80. The zero-order chi connectivity index (χ0) is 14.5. The molecule has 112 valence electrons. The van der Waals surface area contributed by atoms with Crippen molar-refractivity contribution in [3.63, 3.8) is 0 Å². The summed E-state index contributed by atoms with van der Waals surface area (Å²) in [6.07, 6.45) is 2.54. The average Bonchev–Trinajstić information content (AvgIpc) is 2.84. The lowest BCUT2D eigenvalue weighted by molar-refractivity contribution is 0.233. The first-order valence-corrected chi connectivity index (χ1v) is 7.77. The maximum atomic E-state index is 6.11. The molecule has 1 aliphatic heterocycles. The smallest absolute Gasteiger partial charge is 0.123 e. The Morgan fingerprint density at radius 2 is 2.25 bits per heavy atom. The van der Waals surface area contributed by atoms with Crippen LogP contribution in [-0.2, 0) is 6.54 Å². The summed E-state index contributed by atoms with van der Waals surface area (Å²) in [6.45, 7) is 7.51. The van der Waals surface area contributed by atoms with E-state index in [4.69, 9.17) is 16.3 Å². The molecule has 1 saturated heterocycles. The van der Waals surface area contributed by atoms with Crippen LogP contribution in [0.4, 0.5) is 0 Å². The highest BCUT2D eigenvalue weighted by Crippen LogP contribution is 2.27. The van der Waals surface area contributed by atoms with Crippen molar-refractivity contribution in [1.82, 2.24) is 10.2 Å². The lowest BCUT2D eigenvalue weighted by Crippen LogP contribution is -2.39. The van der Waals surface area contributed by atoms with Crippen LogP contribution in [0.25, 0.3) is 0 Å². The monoisotopic (exact) mass is 296 g/mol. The van der Waals surface area contributed by atoms with E-state index in [0.29, 0.717) is 12.1 Å². The van der Waals surface area contributed by atoms with Gasteiger partial charge in [-0.05, 0) is 37.6 Å². The van der Waals surface area contributed by atoms with Crippen LogP contribution in [0, 0.1) is 0 Å². The number of hydrogen-bond donors (Lipinski definition) is 1. The van der Waals surface area contributed by atoms with Gasteiger partial charge in [0.05, 0.1) is 7.11 Å². The summed E-state index contributed by atoms with van der Waals surface area (Å²) in [7, 11) is 1.72. The molecule has 0 aromatic heterocycles. The molecule has 4 heteroatoms. The van der Waals surface area contributed by atoms with Crippen molar-refractivity contribution in [2.45, 2.75) is 45.3 Å². The fraction of sp³-hybridized carbons (Fsp3) is 0.625. The third-order valence-electron chi connectivity index (χ3n) is 3.88. The molecule has 1 aromatic rings. The number of benzene rings is 1. The number of ether oxygens (including phenoxy) is 1. The van der Waals surface area contributed by atoms with Crippen LogP contribution in [0.5, 0.6) is 5.75 Å². The largest absolute Gasteiger partial charge is 0.496 e. The second-order valence-corrected chi connectivity index (χ2v) is 6.22. The van der Waals surface area contributed by atoms with Crippen LogP contribution in [-0.4, -0.2) is 37.2 Å². The molecule has 1 N–H and O–H groups in total. The number of nitrogens with zero attached hydrogens (tertiary/aromatic N) is 1. The molecule has 1 aromatic carbocycles. The van der Waals surface area contributed by atoms with E-state index in [1.54, 1.807) is 7.11 Å². The number of likely N-dealkylation sites (tertiary alicyclic amines) is 1. The quantitative estimate of drug-likeness (QED) is 0.871. The van der Waals surface area contributed by atoms with Crippen molar-refractivity contribution in [3.8, 4) is 5.75 Å². The normalized spacial score (nSPS) is 19.8. The predicted octanol–water partition coefficient (Wildman–Crippen LogP) is 3.31. The van der Waals surface area contributed by atoms with E-state index in [-0.39, 0.29) is 0 Å². The second-order valence-electron chi connectivity index (χ2n) is 5.79. The zero-order valence-electron chi connectivity index (χ0n) is 12.7. The Morgan fingerprint density at radius 3 is 2.95 bits per heavy atom. The lowest BCUT2D eigenvalue weighted by Gasteiger charge is -2.26. The minimum atomic E-state index is 0.540. The van der Waals surface area contributed by atoms with Gasteiger partial charge >= 0.3 is 0 Å². The van der Waals surface area contributed by atoms with Gasteiger partial charge < -0.3 is 10.1 Å². The third-order valence-corrected chi connectivity index (χ3v) is 4.11. The van der Waals surface area contributed by atoms with E-state index in [0.717, 1.165) is 30.4 Å². The molecule has 0 bridgehead atoms. The standard InChI is InChI=1S/C16H25ClN2O/c1-12(2)18-10-15-5-4-8-19(15)11-13-9-14(17)6-7-16(13)20-3/h6-7,9,12,15,18H,4-5,8,10-11H2,1-3H3. The van der Waals surface area contributed by atoms with Gasteiger partial charge in [-0.3, -0.25) is 4.90 Å². The number of halogens is 1. The first kappa shape index (κ1) is 15.6. The fourth-order valence-corrected chi connectivity index (χ4v) is 2.99. The van der Waals surface area contributed by atoms with Gasteiger partial charge in [0.2, 0.25) is 0 Å². The molecule has 0 saturated carbocycles. The maximum Gasteiger partial charge on any atom is 0.123 e. The highest BCUT2D eigenvalue weighted by molar-refractivity contribution is 6.30. The van der Waals surface area contributed by atoms with Crippen molar-refractivity contribution in [2.75, 3.05) is 20.2 Å². The van der Waals surface area contributed by atoms with Gasteiger partial charge in [-0.2, -0.15) is 0 Å². The van der Waals surface area contributed by atoms with Crippen molar-refractivity contribution in [3.05, 3.63) is 28.8 Å². The van der Waals surface area contributed by atoms with Crippen LogP contribution >= 0.6 is 11.6 Å². The summed E-state index contributed by atoms with van der Waals surface area (Å²) >= 11 is 6.11. The summed E-state index contributed by atoms with van der Waals surface area (Å²) in [6, 6.07) is 7.01. The molecular weight excluding hydrogens is 272 g/mol. The summed E-state index contributed by atoms with van der Waals surface area (Å²) < 4.78 is 5.44. The lowest BCUT2D eigenvalue weighted by atomic mass is 10.1. The Labute approximate surface area is 127 Å². The third kappa shape index (κ3) is 4.11. The minimum Gasteiger partial charge on any atom is -0.496 e. The van der Waals surface area contributed by atoms with E-state index in [2.05, 4.69) is 24.1 Å². The molecule has 1 fully saturated rings. The zero-order valence-corrected chi connectivity index (χ0v) is 13.4. The Kier molecular flexibility index (Phi) is 5.70. The first-order valence-electron chi connectivity index (χ1n) is 7.40. The van der Waals surface area contributed by atoms with Gasteiger partial charge in [-0.1, -0.05) is 25.4 Å².